The second-order valence-corrected chi connectivity index (χ2v) is 5.46. The Bertz CT molecular complexity index is 504. The summed E-state index contributed by atoms with van der Waals surface area (Å²) in [5.41, 5.74) is 0. The second-order valence-electron chi connectivity index (χ2n) is 5.46. The molecule has 6 nitrogen and oxygen atoms in total. The van der Waals surface area contributed by atoms with Gasteiger partial charge in [0, 0.05) is 20.6 Å². The quantitative estimate of drug-likeness (QED) is 0.622. The van der Waals surface area contributed by atoms with Crippen LogP contribution in [0, 0.1) is 0 Å². The van der Waals surface area contributed by atoms with E-state index >= 15 is 0 Å². The van der Waals surface area contributed by atoms with Gasteiger partial charge >= 0.3 is 5.97 Å². The van der Waals surface area contributed by atoms with Crippen LogP contribution < -0.4 is 10.1 Å². The van der Waals surface area contributed by atoms with Crippen LogP contribution in [0.4, 0.5) is 0 Å². The number of likely N-dealkylation sites (N-methyl/N-ethyl adjacent to an activating group) is 1. The molecular formula is C16H22N2O4. The number of rotatable bonds is 6. The largest absolute Gasteiger partial charge is 0.426 e. The van der Waals surface area contributed by atoms with Gasteiger partial charge < -0.3 is 19.7 Å². The van der Waals surface area contributed by atoms with E-state index in [0.29, 0.717) is 25.3 Å². The van der Waals surface area contributed by atoms with E-state index in [0.717, 1.165) is 0 Å². The number of ether oxygens (including phenoxy) is 2. The Hall–Kier alpha value is -1.92. The number of benzene rings is 1. The first-order valence-electron chi connectivity index (χ1n) is 7.38. The molecule has 1 aliphatic heterocycles. The van der Waals surface area contributed by atoms with Crippen LogP contribution in [0.3, 0.4) is 0 Å². The zero-order valence-electron chi connectivity index (χ0n) is 13.0. The molecule has 0 bridgehead atoms. The molecular weight excluding hydrogens is 284 g/mol. The number of nitrogens with one attached hydrogen (secondary N) is 1. The fourth-order valence-corrected chi connectivity index (χ4v) is 2.31. The van der Waals surface area contributed by atoms with E-state index < -0.39 is 0 Å². The fourth-order valence-electron chi connectivity index (χ4n) is 2.31. The van der Waals surface area contributed by atoms with Crippen LogP contribution in [-0.2, 0) is 14.3 Å². The molecule has 120 valence electrons. The van der Waals surface area contributed by atoms with Crippen molar-refractivity contribution in [2.75, 3.05) is 27.2 Å². The molecule has 1 saturated heterocycles. The van der Waals surface area contributed by atoms with E-state index in [9.17, 15) is 9.59 Å². The minimum atomic E-state index is -0.321. The van der Waals surface area contributed by atoms with Gasteiger partial charge in [0.2, 0.25) is 5.91 Å². The first kappa shape index (κ1) is 16.5. The third kappa shape index (κ3) is 4.82. The molecule has 2 atom stereocenters. The van der Waals surface area contributed by atoms with Crippen LogP contribution in [0.15, 0.2) is 30.3 Å². The Balaban J connectivity index is 1.65. The number of carbonyl (C=O) groups excluding carboxylic acids is 2. The smallest absolute Gasteiger partial charge is 0.313 e. The number of nitrogens with zero attached hydrogens (tertiary/aromatic N) is 1. The maximum Gasteiger partial charge on any atom is 0.313 e. The van der Waals surface area contributed by atoms with E-state index in [1.54, 1.807) is 31.1 Å². The summed E-state index contributed by atoms with van der Waals surface area (Å²) in [4.78, 5) is 25.0. The number of hydrogen-bond donors (Lipinski definition) is 1. The summed E-state index contributed by atoms with van der Waals surface area (Å²) >= 11 is 0. The number of esters is 1. The molecule has 1 N–H and O–H groups in total. The SMILES string of the molecule is CN(C)C(=O)[C@@H]1C[C@H](OCCC(=O)Oc2ccccc2)CN1. The predicted molar refractivity (Wildman–Crippen MR) is 81.5 cm³/mol. The van der Waals surface area contributed by atoms with E-state index in [1.807, 2.05) is 18.2 Å². The van der Waals surface area contributed by atoms with Gasteiger partial charge in [-0.2, -0.15) is 0 Å². The standard InChI is InChI=1S/C16H22N2O4/c1-18(2)16(20)14-10-13(11-17-14)21-9-8-15(19)22-12-6-4-3-5-7-12/h3-7,13-14,17H,8-11H2,1-2H3/t13-,14-/m0/s1. The molecule has 1 aromatic rings. The minimum absolute atomic E-state index is 0.0431. The second kappa shape index (κ2) is 7.91. The average molecular weight is 306 g/mol. The van der Waals surface area contributed by atoms with Crippen molar-refractivity contribution in [1.82, 2.24) is 10.2 Å². The topological polar surface area (TPSA) is 67.9 Å². The van der Waals surface area contributed by atoms with Crippen molar-refractivity contribution < 1.29 is 19.1 Å². The monoisotopic (exact) mass is 306 g/mol. The predicted octanol–water partition coefficient (Wildman–Crippen LogP) is 0.817. The normalized spacial score (nSPS) is 20.6. The van der Waals surface area contributed by atoms with Crippen LogP contribution >= 0.6 is 0 Å². The van der Waals surface area contributed by atoms with Crippen molar-refractivity contribution in [3.63, 3.8) is 0 Å². The first-order valence-corrected chi connectivity index (χ1v) is 7.38. The van der Waals surface area contributed by atoms with Gasteiger partial charge in [-0.25, -0.2) is 0 Å². The summed E-state index contributed by atoms with van der Waals surface area (Å²) < 4.78 is 10.8. The van der Waals surface area contributed by atoms with Crippen molar-refractivity contribution in [2.24, 2.45) is 0 Å². The zero-order chi connectivity index (χ0) is 15.9. The third-order valence-electron chi connectivity index (χ3n) is 3.46. The first-order chi connectivity index (χ1) is 10.6. The highest BCUT2D eigenvalue weighted by molar-refractivity contribution is 5.81. The number of hydrogen-bond acceptors (Lipinski definition) is 5. The fraction of sp³-hybridized carbons (Fsp3) is 0.500. The molecule has 22 heavy (non-hydrogen) atoms. The number of para-hydroxylation sites is 1. The molecule has 0 saturated carbocycles. The molecule has 1 aromatic carbocycles. The van der Waals surface area contributed by atoms with Gasteiger partial charge in [-0.15, -0.1) is 0 Å². The molecule has 1 fully saturated rings. The van der Waals surface area contributed by atoms with Crippen molar-refractivity contribution in [1.29, 1.82) is 0 Å². The van der Waals surface area contributed by atoms with Gasteiger partial charge in [0.25, 0.3) is 0 Å². The van der Waals surface area contributed by atoms with Gasteiger partial charge in [0.15, 0.2) is 0 Å². The van der Waals surface area contributed by atoms with Crippen LogP contribution in [0.25, 0.3) is 0 Å². The molecule has 1 heterocycles. The molecule has 0 spiro atoms. The summed E-state index contributed by atoms with van der Waals surface area (Å²) in [6, 6.07) is 8.75. The van der Waals surface area contributed by atoms with E-state index in [4.69, 9.17) is 9.47 Å². The molecule has 6 heteroatoms. The molecule has 0 radical (unpaired) electrons. The van der Waals surface area contributed by atoms with Crippen molar-refractivity contribution in [3.05, 3.63) is 30.3 Å². The lowest BCUT2D eigenvalue weighted by Gasteiger charge is -2.16. The van der Waals surface area contributed by atoms with Crippen molar-refractivity contribution in [3.8, 4) is 5.75 Å². The van der Waals surface area contributed by atoms with Crippen molar-refractivity contribution in [2.45, 2.75) is 25.0 Å². The zero-order valence-corrected chi connectivity index (χ0v) is 13.0. The Morgan fingerprint density at radius 1 is 1.27 bits per heavy atom. The highest BCUT2D eigenvalue weighted by Crippen LogP contribution is 2.13. The molecule has 1 aliphatic rings. The van der Waals surface area contributed by atoms with Crippen LogP contribution in [0.5, 0.6) is 5.75 Å². The summed E-state index contributed by atoms with van der Waals surface area (Å²) in [7, 11) is 3.47. The van der Waals surface area contributed by atoms with Crippen LogP contribution in [-0.4, -0.2) is 56.2 Å². The Kier molecular flexibility index (Phi) is 5.91. The lowest BCUT2D eigenvalue weighted by molar-refractivity contribution is -0.136. The van der Waals surface area contributed by atoms with Crippen LogP contribution in [0.2, 0.25) is 0 Å². The number of carbonyl (C=O) groups is 2. The van der Waals surface area contributed by atoms with E-state index in [2.05, 4.69) is 5.32 Å². The molecule has 2 rings (SSSR count). The Labute approximate surface area is 130 Å². The van der Waals surface area contributed by atoms with Gasteiger partial charge in [-0.3, -0.25) is 9.59 Å². The highest BCUT2D eigenvalue weighted by atomic mass is 16.5. The molecule has 1 amide bonds. The van der Waals surface area contributed by atoms with Gasteiger partial charge in [-0.1, -0.05) is 18.2 Å². The third-order valence-corrected chi connectivity index (χ3v) is 3.46. The molecule has 0 aromatic heterocycles. The number of amides is 1. The molecule has 0 aliphatic carbocycles. The summed E-state index contributed by atoms with van der Waals surface area (Å²) in [6.45, 7) is 0.916. The summed E-state index contributed by atoms with van der Waals surface area (Å²) in [6.07, 6.45) is 0.779. The lowest BCUT2D eigenvalue weighted by Crippen LogP contribution is -2.39. The lowest BCUT2D eigenvalue weighted by atomic mass is 10.2. The summed E-state index contributed by atoms with van der Waals surface area (Å²) in [5.74, 6) is 0.263. The Morgan fingerprint density at radius 2 is 2.00 bits per heavy atom. The van der Waals surface area contributed by atoms with E-state index in [-0.39, 0.29) is 30.4 Å². The average Bonchev–Trinajstić information content (AvgIpc) is 2.96. The Morgan fingerprint density at radius 3 is 2.68 bits per heavy atom. The van der Waals surface area contributed by atoms with Crippen molar-refractivity contribution >= 4 is 11.9 Å². The highest BCUT2D eigenvalue weighted by Gasteiger charge is 2.30. The van der Waals surface area contributed by atoms with Gasteiger partial charge in [0.1, 0.15) is 5.75 Å². The maximum atomic E-state index is 11.8. The maximum absolute atomic E-state index is 11.8. The van der Waals surface area contributed by atoms with Gasteiger partial charge in [-0.05, 0) is 18.6 Å². The van der Waals surface area contributed by atoms with Crippen LogP contribution in [0.1, 0.15) is 12.8 Å². The van der Waals surface area contributed by atoms with E-state index in [1.165, 1.54) is 0 Å². The summed E-state index contributed by atoms with van der Waals surface area (Å²) in [5, 5.41) is 3.13. The molecule has 0 unspecified atom stereocenters. The minimum Gasteiger partial charge on any atom is -0.426 e. The van der Waals surface area contributed by atoms with Gasteiger partial charge in [0.05, 0.1) is 25.2 Å².